The number of aliphatic hydroxyl groups is 1. The molecule has 92 valence electrons. The van der Waals surface area contributed by atoms with Gasteiger partial charge in [0.2, 0.25) is 0 Å². The van der Waals surface area contributed by atoms with Crippen LogP contribution in [0.3, 0.4) is 0 Å². The van der Waals surface area contributed by atoms with Gasteiger partial charge in [-0.05, 0) is 42.7 Å². The number of fused-ring (bicyclic) bond motifs is 1. The van der Waals surface area contributed by atoms with Gasteiger partial charge >= 0.3 is 0 Å². The van der Waals surface area contributed by atoms with Gasteiger partial charge in [-0.25, -0.2) is 0 Å². The van der Waals surface area contributed by atoms with Gasteiger partial charge in [-0.1, -0.05) is 50.3 Å². The van der Waals surface area contributed by atoms with Crippen molar-refractivity contribution in [3.05, 3.63) is 47.5 Å². The number of aryl methyl sites for hydroxylation is 1. The molecule has 1 atom stereocenters. The first-order valence-electron chi connectivity index (χ1n) is 6.47. The number of hydrogen-bond acceptors (Lipinski definition) is 1. The molecule has 1 aromatic rings. The lowest BCUT2D eigenvalue weighted by atomic mass is 9.76. The highest BCUT2D eigenvalue weighted by Crippen LogP contribution is 2.33. The second kappa shape index (κ2) is 4.66. The summed E-state index contributed by atoms with van der Waals surface area (Å²) in [5.41, 5.74) is 3.31. The smallest absolute Gasteiger partial charge is 0.0710 e. The van der Waals surface area contributed by atoms with Crippen molar-refractivity contribution in [3.63, 3.8) is 0 Å². The van der Waals surface area contributed by atoms with Crippen molar-refractivity contribution in [3.8, 4) is 0 Å². The maximum Gasteiger partial charge on any atom is 0.0710 e. The summed E-state index contributed by atoms with van der Waals surface area (Å²) in [5, 5.41) is 10.7. The van der Waals surface area contributed by atoms with Crippen molar-refractivity contribution in [1.82, 2.24) is 0 Å². The Hall–Kier alpha value is -1.08. The summed E-state index contributed by atoms with van der Waals surface area (Å²) in [6.07, 6.45) is 3.45. The standard InChI is InChI=1S/C16H22O/c1-12(2)16(17)9-8-14-6-4-5-7-15(14)10-13(3)11-16/h4-7,12,17H,3,8-11H2,1-2H3. The number of hydrogen-bond donors (Lipinski definition) is 1. The van der Waals surface area contributed by atoms with Crippen LogP contribution in [0.5, 0.6) is 0 Å². The summed E-state index contributed by atoms with van der Waals surface area (Å²) in [4.78, 5) is 0. The molecule has 0 saturated carbocycles. The highest BCUT2D eigenvalue weighted by atomic mass is 16.3. The molecule has 0 saturated heterocycles. The molecule has 1 N–H and O–H groups in total. The van der Waals surface area contributed by atoms with Gasteiger partial charge < -0.3 is 5.11 Å². The molecule has 0 fully saturated rings. The van der Waals surface area contributed by atoms with Crippen LogP contribution in [0.4, 0.5) is 0 Å². The second-order valence-corrected chi connectivity index (χ2v) is 5.63. The van der Waals surface area contributed by atoms with E-state index in [1.165, 1.54) is 11.1 Å². The van der Waals surface area contributed by atoms with E-state index < -0.39 is 5.60 Å². The first-order valence-corrected chi connectivity index (χ1v) is 6.47. The van der Waals surface area contributed by atoms with Crippen molar-refractivity contribution in [1.29, 1.82) is 0 Å². The predicted octanol–water partition coefficient (Wildman–Crippen LogP) is 3.51. The van der Waals surface area contributed by atoms with Crippen LogP contribution >= 0.6 is 0 Å². The van der Waals surface area contributed by atoms with Gasteiger partial charge in [0.15, 0.2) is 0 Å². The molecular weight excluding hydrogens is 208 g/mol. The van der Waals surface area contributed by atoms with E-state index in [-0.39, 0.29) is 5.92 Å². The lowest BCUT2D eigenvalue weighted by Gasteiger charge is -2.35. The summed E-state index contributed by atoms with van der Waals surface area (Å²) < 4.78 is 0. The average molecular weight is 230 g/mol. The zero-order valence-corrected chi connectivity index (χ0v) is 10.9. The van der Waals surface area contributed by atoms with E-state index >= 15 is 0 Å². The molecule has 0 aromatic heterocycles. The molecule has 0 radical (unpaired) electrons. The number of benzene rings is 1. The quantitative estimate of drug-likeness (QED) is 0.732. The SMILES string of the molecule is C=C1Cc2ccccc2CCC(O)(C(C)C)C1. The summed E-state index contributed by atoms with van der Waals surface area (Å²) in [6.45, 7) is 8.33. The minimum atomic E-state index is -0.579. The molecular formula is C16H22O. The molecule has 1 nitrogen and oxygen atoms in total. The van der Waals surface area contributed by atoms with E-state index in [1.54, 1.807) is 0 Å². The maximum absolute atomic E-state index is 10.7. The van der Waals surface area contributed by atoms with Crippen molar-refractivity contribution in [2.24, 2.45) is 5.92 Å². The summed E-state index contributed by atoms with van der Waals surface area (Å²) in [6, 6.07) is 8.52. The monoisotopic (exact) mass is 230 g/mol. The molecule has 0 spiro atoms. The van der Waals surface area contributed by atoms with Crippen LogP contribution in [0, 0.1) is 5.92 Å². The fraction of sp³-hybridized carbons (Fsp3) is 0.500. The van der Waals surface area contributed by atoms with Crippen LogP contribution in [0.15, 0.2) is 36.4 Å². The van der Waals surface area contributed by atoms with Crippen LogP contribution in [0.25, 0.3) is 0 Å². The molecule has 17 heavy (non-hydrogen) atoms. The Labute approximate surface area is 104 Å². The van der Waals surface area contributed by atoms with Crippen molar-refractivity contribution in [2.45, 2.75) is 45.1 Å². The van der Waals surface area contributed by atoms with Gasteiger partial charge in [-0.2, -0.15) is 0 Å². The molecule has 1 aliphatic rings. The molecule has 1 aromatic carbocycles. The van der Waals surface area contributed by atoms with Gasteiger partial charge in [0.1, 0.15) is 0 Å². The highest BCUT2D eigenvalue weighted by molar-refractivity contribution is 5.32. The topological polar surface area (TPSA) is 20.2 Å². The van der Waals surface area contributed by atoms with Crippen molar-refractivity contribution in [2.75, 3.05) is 0 Å². The Morgan fingerprint density at radius 2 is 1.88 bits per heavy atom. The zero-order valence-electron chi connectivity index (χ0n) is 10.9. The van der Waals surface area contributed by atoms with Gasteiger partial charge in [-0.15, -0.1) is 0 Å². The largest absolute Gasteiger partial charge is 0.389 e. The second-order valence-electron chi connectivity index (χ2n) is 5.63. The molecule has 1 heteroatoms. The third-order valence-electron chi connectivity index (χ3n) is 4.02. The van der Waals surface area contributed by atoms with Gasteiger partial charge in [0, 0.05) is 0 Å². The molecule has 2 rings (SSSR count). The maximum atomic E-state index is 10.7. The third-order valence-corrected chi connectivity index (χ3v) is 4.02. The fourth-order valence-corrected chi connectivity index (χ4v) is 2.67. The fourth-order valence-electron chi connectivity index (χ4n) is 2.67. The zero-order chi connectivity index (χ0) is 12.5. The third kappa shape index (κ3) is 2.61. The van der Waals surface area contributed by atoms with Crippen molar-refractivity contribution < 1.29 is 5.11 Å². The minimum Gasteiger partial charge on any atom is -0.389 e. The van der Waals surface area contributed by atoms with Gasteiger partial charge in [0.25, 0.3) is 0 Å². The minimum absolute atomic E-state index is 0.282. The average Bonchev–Trinajstić information content (AvgIpc) is 2.25. The van der Waals surface area contributed by atoms with E-state index in [2.05, 4.69) is 44.7 Å². The van der Waals surface area contributed by atoms with Gasteiger partial charge in [-0.3, -0.25) is 0 Å². The molecule has 0 bridgehead atoms. The van der Waals surface area contributed by atoms with Crippen molar-refractivity contribution >= 4 is 0 Å². The predicted molar refractivity (Wildman–Crippen MR) is 72.0 cm³/mol. The lowest BCUT2D eigenvalue weighted by Crippen LogP contribution is -2.37. The summed E-state index contributed by atoms with van der Waals surface area (Å²) in [7, 11) is 0. The van der Waals surface area contributed by atoms with E-state index in [0.29, 0.717) is 0 Å². The first kappa shape index (κ1) is 12.4. The van der Waals surface area contributed by atoms with E-state index in [9.17, 15) is 5.11 Å². The Bertz CT molecular complexity index is 419. The summed E-state index contributed by atoms with van der Waals surface area (Å²) in [5.74, 6) is 0.282. The molecule has 0 amide bonds. The van der Waals surface area contributed by atoms with Gasteiger partial charge in [0.05, 0.1) is 5.60 Å². The first-order chi connectivity index (χ1) is 8.01. The van der Waals surface area contributed by atoms with E-state index in [0.717, 1.165) is 31.3 Å². The lowest BCUT2D eigenvalue weighted by molar-refractivity contribution is -0.0134. The summed E-state index contributed by atoms with van der Waals surface area (Å²) >= 11 is 0. The van der Waals surface area contributed by atoms with E-state index in [4.69, 9.17) is 0 Å². The Balaban J connectivity index is 2.30. The van der Waals surface area contributed by atoms with Crippen LogP contribution in [0.2, 0.25) is 0 Å². The Kier molecular flexibility index (Phi) is 3.39. The molecule has 0 aliphatic heterocycles. The highest BCUT2D eigenvalue weighted by Gasteiger charge is 2.32. The van der Waals surface area contributed by atoms with Crippen LogP contribution < -0.4 is 0 Å². The Morgan fingerprint density at radius 1 is 1.24 bits per heavy atom. The van der Waals surface area contributed by atoms with Crippen LogP contribution in [0.1, 0.15) is 37.8 Å². The Morgan fingerprint density at radius 3 is 2.53 bits per heavy atom. The molecule has 1 aliphatic carbocycles. The molecule has 1 unspecified atom stereocenters. The molecule has 0 heterocycles. The normalized spacial score (nSPS) is 25.3. The van der Waals surface area contributed by atoms with Crippen LogP contribution in [-0.4, -0.2) is 10.7 Å². The number of rotatable bonds is 1. The van der Waals surface area contributed by atoms with E-state index in [1.807, 2.05) is 0 Å². The van der Waals surface area contributed by atoms with Crippen LogP contribution in [-0.2, 0) is 12.8 Å².